The molecule has 3 heterocycles. The number of hydrogen-bond acceptors (Lipinski definition) is 4. The summed E-state index contributed by atoms with van der Waals surface area (Å²) in [6.45, 7) is 8.50. The summed E-state index contributed by atoms with van der Waals surface area (Å²) < 4.78 is 0. The third kappa shape index (κ3) is 4.24. The summed E-state index contributed by atoms with van der Waals surface area (Å²) in [6.07, 6.45) is 3.37. The van der Waals surface area contributed by atoms with Crippen molar-refractivity contribution in [2.45, 2.75) is 50.2 Å². The second kappa shape index (κ2) is 9.90. The zero-order valence-corrected chi connectivity index (χ0v) is 23.2. The topological polar surface area (TPSA) is 43.9 Å². The van der Waals surface area contributed by atoms with Crippen LogP contribution >= 0.6 is 11.8 Å². The molecule has 2 amide bonds. The molecule has 0 bridgehead atoms. The van der Waals surface area contributed by atoms with E-state index in [4.69, 9.17) is 0 Å². The molecule has 0 radical (unpaired) electrons. The fraction of sp³-hybridized carbons (Fsp3) is 0.375. The molecule has 6 rings (SSSR count). The Bertz CT molecular complexity index is 1350. The lowest BCUT2D eigenvalue weighted by Gasteiger charge is -2.36. The van der Waals surface area contributed by atoms with Crippen LogP contribution in [0.1, 0.15) is 42.0 Å². The lowest BCUT2D eigenvalue weighted by atomic mass is 9.90. The number of carbonyl (C=O) groups is 2. The zero-order valence-electron chi connectivity index (χ0n) is 22.4. The van der Waals surface area contributed by atoms with Gasteiger partial charge in [-0.05, 0) is 80.8 Å². The Morgan fingerprint density at radius 3 is 2.26 bits per heavy atom. The van der Waals surface area contributed by atoms with Crippen molar-refractivity contribution < 1.29 is 9.59 Å². The van der Waals surface area contributed by atoms with Crippen LogP contribution in [-0.2, 0) is 20.9 Å². The Balaban J connectivity index is 1.28. The highest BCUT2D eigenvalue weighted by Crippen LogP contribution is 2.58. The molecule has 38 heavy (non-hydrogen) atoms. The van der Waals surface area contributed by atoms with E-state index in [1.54, 1.807) is 4.90 Å². The molecule has 1 spiro atoms. The average molecular weight is 526 g/mol. The van der Waals surface area contributed by atoms with Gasteiger partial charge >= 0.3 is 0 Å². The fourth-order valence-corrected chi connectivity index (χ4v) is 7.97. The Morgan fingerprint density at radius 1 is 0.895 bits per heavy atom. The van der Waals surface area contributed by atoms with E-state index in [1.807, 2.05) is 62.1 Å². The van der Waals surface area contributed by atoms with Crippen LogP contribution in [0.15, 0.2) is 72.8 Å². The van der Waals surface area contributed by atoms with E-state index in [0.29, 0.717) is 12.6 Å². The summed E-state index contributed by atoms with van der Waals surface area (Å²) in [4.78, 5) is 33.2. The van der Waals surface area contributed by atoms with Gasteiger partial charge in [-0.2, -0.15) is 0 Å². The van der Waals surface area contributed by atoms with Gasteiger partial charge in [-0.1, -0.05) is 54.6 Å². The molecule has 0 aliphatic carbocycles. The van der Waals surface area contributed by atoms with Gasteiger partial charge in [0.25, 0.3) is 5.91 Å². The van der Waals surface area contributed by atoms with Crippen molar-refractivity contribution in [1.29, 1.82) is 0 Å². The number of benzene rings is 3. The van der Waals surface area contributed by atoms with Gasteiger partial charge in [-0.25, -0.2) is 0 Å². The van der Waals surface area contributed by atoms with E-state index in [-0.39, 0.29) is 17.1 Å². The molecule has 3 aromatic rings. The van der Waals surface area contributed by atoms with Crippen LogP contribution < -0.4 is 9.80 Å². The van der Waals surface area contributed by atoms with Crippen molar-refractivity contribution >= 4 is 35.0 Å². The first-order chi connectivity index (χ1) is 18.4. The van der Waals surface area contributed by atoms with E-state index >= 15 is 0 Å². The largest absolute Gasteiger partial charge is 0.295 e. The maximum absolute atomic E-state index is 14.5. The lowest BCUT2D eigenvalue weighted by Crippen LogP contribution is -2.52. The summed E-state index contributed by atoms with van der Waals surface area (Å²) in [5.41, 5.74) is 6.22. The van der Waals surface area contributed by atoms with Crippen LogP contribution in [0.2, 0.25) is 0 Å². The van der Waals surface area contributed by atoms with Crippen LogP contribution in [0.25, 0.3) is 0 Å². The van der Waals surface area contributed by atoms with Gasteiger partial charge in [0, 0.05) is 24.3 Å². The first-order valence-corrected chi connectivity index (χ1v) is 14.5. The first-order valence-electron chi connectivity index (χ1n) is 13.6. The van der Waals surface area contributed by atoms with E-state index < -0.39 is 4.87 Å². The molecule has 3 aliphatic heterocycles. The quantitative estimate of drug-likeness (QED) is 0.417. The molecule has 2 saturated heterocycles. The predicted molar refractivity (Wildman–Crippen MR) is 155 cm³/mol. The first kappa shape index (κ1) is 25.2. The molecule has 0 saturated carbocycles. The summed E-state index contributed by atoms with van der Waals surface area (Å²) in [6, 6.07) is 25.0. The number of thioether (sulfide) groups is 1. The third-order valence-electron chi connectivity index (χ3n) is 8.21. The van der Waals surface area contributed by atoms with Crippen molar-refractivity contribution in [3.63, 3.8) is 0 Å². The van der Waals surface area contributed by atoms with Gasteiger partial charge in [0.05, 0.1) is 17.6 Å². The molecule has 5 nitrogen and oxygen atoms in total. The summed E-state index contributed by atoms with van der Waals surface area (Å²) >= 11 is 1.48. The number of nitrogens with zero attached hydrogens (tertiary/aromatic N) is 3. The van der Waals surface area contributed by atoms with Crippen molar-refractivity contribution in [3.8, 4) is 0 Å². The molecule has 3 aliphatic rings. The molecule has 3 aromatic carbocycles. The second-order valence-corrected chi connectivity index (χ2v) is 12.6. The summed E-state index contributed by atoms with van der Waals surface area (Å²) in [5, 5.41) is -0.304. The number of likely N-dealkylation sites (tertiary alicyclic amines) is 1. The van der Waals surface area contributed by atoms with Crippen LogP contribution in [-0.4, -0.2) is 41.7 Å². The second-order valence-electron chi connectivity index (χ2n) is 11.1. The maximum atomic E-state index is 14.5. The predicted octanol–water partition coefficient (Wildman–Crippen LogP) is 5.88. The van der Waals surface area contributed by atoms with Gasteiger partial charge in [-0.15, -0.1) is 11.8 Å². The van der Waals surface area contributed by atoms with Gasteiger partial charge in [0.1, 0.15) is 0 Å². The van der Waals surface area contributed by atoms with Crippen molar-refractivity contribution in [2.75, 3.05) is 29.6 Å². The van der Waals surface area contributed by atoms with E-state index in [1.165, 1.54) is 17.3 Å². The molecular formula is C32H35N3O2S. The number of para-hydroxylation sites is 1. The number of carbonyl (C=O) groups excluding carboxylic acids is 2. The van der Waals surface area contributed by atoms with Gasteiger partial charge in [0.2, 0.25) is 10.8 Å². The maximum Gasteiger partial charge on any atom is 0.269 e. The van der Waals surface area contributed by atoms with Crippen LogP contribution in [0, 0.1) is 19.8 Å². The van der Waals surface area contributed by atoms with E-state index in [0.717, 1.165) is 60.4 Å². The Hall–Kier alpha value is -3.09. The Kier molecular flexibility index (Phi) is 6.57. The van der Waals surface area contributed by atoms with Crippen LogP contribution in [0.4, 0.5) is 11.4 Å². The highest BCUT2D eigenvalue weighted by Gasteiger charge is 2.63. The molecule has 6 heteroatoms. The van der Waals surface area contributed by atoms with Crippen LogP contribution in [0.5, 0.6) is 0 Å². The molecule has 196 valence electrons. The van der Waals surface area contributed by atoms with E-state index in [2.05, 4.69) is 41.3 Å². The standard InChI is InChI=1S/C32H35N3O2S/c1-22-17-23(2)19-27(18-22)35-30(36)24(3)38-32(35)28-11-7-8-12-29(28)34(31(32)37)21-33-15-13-26(14-16-33)20-25-9-5-4-6-10-25/h4-12,17-19,24,26H,13-16,20-21H2,1-3H3/t24-,32+/m0/s1. The molecular weight excluding hydrogens is 490 g/mol. The third-order valence-corrected chi connectivity index (χ3v) is 9.68. The smallest absolute Gasteiger partial charge is 0.269 e. The Morgan fingerprint density at radius 2 is 1.55 bits per heavy atom. The lowest BCUT2D eigenvalue weighted by molar-refractivity contribution is -0.124. The minimum absolute atomic E-state index is 0.00744. The summed E-state index contributed by atoms with van der Waals surface area (Å²) in [5.74, 6) is 0.657. The van der Waals surface area contributed by atoms with Crippen molar-refractivity contribution in [3.05, 3.63) is 95.1 Å². The van der Waals surface area contributed by atoms with Gasteiger partial charge in [-0.3, -0.25) is 24.3 Å². The Labute approximate surface area is 229 Å². The number of hydrogen-bond donors (Lipinski definition) is 0. The number of anilines is 2. The highest BCUT2D eigenvalue weighted by atomic mass is 32.2. The average Bonchev–Trinajstić information content (AvgIpc) is 3.30. The zero-order chi connectivity index (χ0) is 26.4. The minimum Gasteiger partial charge on any atom is -0.295 e. The van der Waals surface area contributed by atoms with E-state index in [9.17, 15) is 9.59 Å². The summed E-state index contributed by atoms with van der Waals surface area (Å²) in [7, 11) is 0. The van der Waals surface area contributed by atoms with Crippen molar-refractivity contribution in [1.82, 2.24) is 4.90 Å². The molecule has 2 atom stereocenters. The molecule has 2 fully saturated rings. The minimum atomic E-state index is -1.07. The monoisotopic (exact) mass is 525 g/mol. The molecule has 0 aromatic heterocycles. The SMILES string of the molecule is Cc1cc(C)cc(N2C(=O)[C@H](C)S[C@]23C(=O)N(CN2CCC(Cc4ccccc4)CC2)c2ccccc23)c1. The number of fused-ring (bicyclic) bond motifs is 2. The number of piperidine rings is 1. The highest BCUT2D eigenvalue weighted by molar-refractivity contribution is 8.03. The number of aryl methyl sites for hydroxylation is 2. The normalized spacial score (nSPS) is 24.0. The number of rotatable bonds is 5. The van der Waals surface area contributed by atoms with Crippen molar-refractivity contribution in [2.24, 2.45) is 5.92 Å². The van der Waals surface area contributed by atoms with Gasteiger partial charge < -0.3 is 0 Å². The van der Waals surface area contributed by atoms with Gasteiger partial charge in [0.15, 0.2) is 0 Å². The fourth-order valence-electron chi connectivity index (χ4n) is 6.44. The number of amides is 2. The molecule has 0 N–H and O–H groups in total. The van der Waals surface area contributed by atoms with Crippen LogP contribution in [0.3, 0.4) is 0 Å². The molecule has 0 unspecified atom stereocenters.